The van der Waals surface area contributed by atoms with Gasteiger partial charge in [-0.25, -0.2) is 0 Å². The minimum absolute atomic E-state index is 0.250. The molecule has 0 atom stereocenters. The zero-order valence-corrected chi connectivity index (χ0v) is 14.8. The molecule has 3 heteroatoms. The third kappa shape index (κ3) is 27.5. The van der Waals surface area contributed by atoms with Gasteiger partial charge in [0.05, 0.1) is 0 Å². The Kier molecular flexibility index (Phi) is 26.8. The summed E-state index contributed by atoms with van der Waals surface area (Å²) in [4.78, 5) is 8.36. The van der Waals surface area contributed by atoms with Crippen LogP contribution in [0.15, 0.2) is 12.2 Å². The molecule has 22 heavy (non-hydrogen) atoms. The van der Waals surface area contributed by atoms with Crippen LogP contribution in [0.1, 0.15) is 96.8 Å². The quantitative estimate of drug-likeness (QED) is 0.232. The molecule has 0 unspecified atom stereocenters. The van der Waals surface area contributed by atoms with Crippen molar-refractivity contribution in [2.45, 2.75) is 96.8 Å². The highest BCUT2D eigenvalue weighted by Crippen LogP contribution is 2.09. The molecule has 132 valence electrons. The third-order valence-corrected chi connectivity index (χ3v) is 3.72. The van der Waals surface area contributed by atoms with Crippen LogP contribution in [0.4, 0.5) is 0 Å². The van der Waals surface area contributed by atoms with E-state index in [0.717, 1.165) is 6.54 Å². The molecule has 0 fully saturated rings. The Labute approximate surface area is 138 Å². The molecule has 0 aromatic heterocycles. The average Bonchev–Trinajstić information content (AvgIpc) is 2.52. The van der Waals surface area contributed by atoms with Gasteiger partial charge in [0.2, 0.25) is 0 Å². The molecule has 0 saturated heterocycles. The fourth-order valence-electron chi connectivity index (χ4n) is 2.39. The van der Waals surface area contributed by atoms with Crippen LogP contribution < -0.4 is 5.73 Å². The lowest BCUT2D eigenvalue weighted by Crippen LogP contribution is -1.97. The Morgan fingerprint density at radius 1 is 0.727 bits per heavy atom. The number of carboxylic acid groups (broad SMARTS) is 1. The molecular formula is C19H39NO2. The number of rotatable bonds is 15. The van der Waals surface area contributed by atoms with Crippen molar-refractivity contribution in [2.75, 3.05) is 6.54 Å². The molecule has 0 aromatic rings. The van der Waals surface area contributed by atoms with E-state index in [1.165, 1.54) is 89.9 Å². The van der Waals surface area contributed by atoms with E-state index < -0.39 is 0 Å². The van der Waals surface area contributed by atoms with E-state index in [9.17, 15) is 0 Å². The van der Waals surface area contributed by atoms with Gasteiger partial charge in [-0.2, -0.15) is 0 Å². The van der Waals surface area contributed by atoms with E-state index in [2.05, 4.69) is 19.1 Å². The molecule has 0 rings (SSSR count). The molecule has 0 aliphatic carbocycles. The number of hydrogen-bond acceptors (Lipinski definition) is 2. The number of unbranched alkanes of at least 4 members (excludes halogenated alkanes) is 12. The number of hydrogen-bond donors (Lipinski definition) is 2. The lowest BCUT2D eigenvalue weighted by atomic mass is 10.1. The molecule has 0 aliphatic heterocycles. The van der Waals surface area contributed by atoms with Gasteiger partial charge in [0.15, 0.2) is 0 Å². The van der Waals surface area contributed by atoms with Gasteiger partial charge in [-0.15, -0.1) is 0 Å². The summed E-state index contributed by atoms with van der Waals surface area (Å²) in [6.45, 7) is 2.89. The Balaban J connectivity index is 0. The van der Waals surface area contributed by atoms with Crippen molar-refractivity contribution in [1.82, 2.24) is 0 Å². The molecule has 0 amide bonds. The fourth-order valence-corrected chi connectivity index (χ4v) is 2.39. The first-order valence-electron chi connectivity index (χ1n) is 9.26. The fraction of sp³-hybridized carbons (Fsp3) is 0.842. The summed E-state index contributed by atoms with van der Waals surface area (Å²) in [6.07, 6.45) is 23.9. The van der Waals surface area contributed by atoms with Gasteiger partial charge in [-0.05, 0) is 38.6 Å². The zero-order valence-electron chi connectivity index (χ0n) is 14.8. The molecule has 0 spiro atoms. The normalized spacial score (nSPS) is 10.5. The van der Waals surface area contributed by atoms with Crippen LogP contribution in [0.25, 0.3) is 0 Å². The summed E-state index contributed by atoms with van der Waals surface area (Å²) in [5.74, 6) is 0. The topological polar surface area (TPSA) is 63.3 Å². The van der Waals surface area contributed by atoms with Crippen LogP contribution in [0.3, 0.4) is 0 Å². The first-order valence-corrected chi connectivity index (χ1v) is 9.26. The van der Waals surface area contributed by atoms with Crippen molar-refractivity contribution >= 4 is 6.47 Å². The molecule has 0 aliphatic rings. The average molecular weight is 314 g/mol. The Morgan fingerprint density at radius 3 is 1.50 bits per heavy atom. The van der Waals surface area contributed by atoms with Crippen molar-refractivity contribution in [3.8, 4) is 0 Å². The van der Waals surface area contributed by atoms with E-state index in [4.69, 9.17) is 15.6 Å². The molecular weight excluding hydrogens is 274 g/mol. The summed E-state index contributed by atoms with van der Waals surface area (Å²) in [5.41, 5.74) is 5.47. The van der Waals surface area contributed by atoms with Crippen molar-refractivity contribution < 1.29 is 9.90 Å². The number of carbonyl (C=O) groups is 1. The molecule has 3 nitrogen and oxygen atoms in total. The summed E-state index contributed by atoms with van der Waals surface area (Å²) in [6, 6.07) is 0. The van der Waals surface area contributed by atoms with Crippen molar-refractivity contribution in [3.05, 3.63) is 12.2 Å². The lowest BCUT2D eigenvalue weighted by Gasteiger charge is -1.99. The van der Waals surface area contributed by atoms with Gasteiger partial charge in [0.1, 0.15) is 0 Å². The van der Waals surface area contributed by atoms with Gasteiger partial charge in [-0.3, -0.25) is 4.79 Å². The van der Waals surface area contributed by atoms with E-state index >= 15 is 0 Å². The van der Waals surface area contributed by atoms with Crippen molar-refractivity contribution in [3.63, 3.8) is 0 Å². The second kappa shape index (κ2) is 25.1. The maximum Gasteiger partial charge on any atom is 0.290 e. The van der Waals surface area contributed by atoms with Crippen LogP contribution in [0.2, 0.25) is 0 Å². The Hall–Kier alpha value is -0.830. The van der Waals surface area contributed by atoms with E-state index in [1.807, 2.05) is 0 Å². The van der Waals surface area contributed by atoms with E-state index in [1.54, 1.807) is 0 Å². The standard InChI is InChI=1S/C18H37N.CH2O2/c1-2-3-4-5-6-7-8-9-10-11-12-13-14-15-16-17-18-19;2-1-3/h9-10H,2-8,11-19H2,1H3;1H,(H,2,3)/b10-9-;. The highest BCUT2D eigenvalue weighted by Gasteiger charge is 1.90. The van der Waals surface area contributed by atoms with Crippen LogP contribution in [0, 0.1) is 0 Å². The van der Waals surface area contributed by atoms with Crippen molar-refractivity contribution in [1.29, 1.82) is 0 Å². The van der Waals surface area contributed by atoms with Gasteiger partial charge < -0.3 is 10.8 Å². The number of nitrogens with two attached hydrogens (primary N) is 1. The summed E-state index contributed by atoms with van der Waals surface area (Å²) in [5, 5.41) is 6.89. The molecule has 0 saturated carbocycles. The largest absolute Gasteiger partial charge is 0.483 e. The summed E-state index contributed by atoms with van der Waals surface area (Å²) in [7, 11) is 0. The van der Waals surface area contributed by atoms with Gasteiger partial charge >= 0.3 is 0 Å². The zero-order chi connectivity index (χ0) is 16.7. The molecule has 0 bridgehead atoms. The second-order valence-electron chi connectivity index (χ2n) is 5.83. The second-order valence-corrected chi connectivity index (χ2v) is 5.83. The van der Waals surface area contributed by atoms with E-state index in [0.29, 0.717) is 0 Å². The Morgan fingerprint density at radius 2 is 1.09 bits per heavy atom. The van der Waals surface area contributed by atoms with Gasteiger partial charge in [0.25, 0.3) is 6.47 Å². The van der Waals surface area contributed by atoms with Crippen LogP contribution >= 0.6 is 0 Å². The minimum Gasteiger partial charge on any atom is -0.483 e. The first kappa shape index (κ1) is 23.4. The van der Waals surface area contributed by atoms with Crippen LogP contribution in [0.5, 0.6) is 0 Å². The maximum atomic E-state index is 8.36. The maximum absolute atomic E-state index is 8.36. The van der Waals surface area contributed by atoms with Crippen molar-refractivity contribution in [2.24, 2.45) is 5.73 Å². The highest BCUT2D eigenvalue weighted by molar-refractivity contribution is 5.32. The molecule has 0 radical (unpaired) electrons. The summed E-state index contributed by atoms with van der Waals surface area (Å²) < 4.78 is 0. The number of allylic oxidation sites excluding steroid dienone is 2. The third-order valence-electron chi connectivity index (χ3n) is 3.72. The Bertz CT molecular complexity index is 217. The predicted octanol–water partition coefficient (Wildman–Crippen LogP) is 5.68. The van der Waals surface area contributed by atoms with Crippen LogP contribution in [-0.2, 0) is 4.79 Å². The highest BCUT2D eigenvalue weighted by atomic mass is 16.3. The van der Waals surface area contributed by atoms with Crippen LogP contribution in [-0.4, -0.2) is 18.1 Å². The smallest absolute Gasteiger partial charge is 0.290 e. The molecule has 0 aromatic carbocycles. The SMILES string of the molecule is CCCCCCCC/C=C\CCCCCCCCN.O=CO. The predicted molar refractivity (Wildman–Crippen MR) is 97.2 cm³/mol. The van der Waals surface area contributed by atoms with Gasteiger partial charge in [-0.1, -0.05) is 76.9 Å². The van der Waals surface area contributed by atoms with Gasteiger partial charge in [0, 0.05) is 0 Å². The lowest BCUT2D eigenvalue weighted by molar-refractivity contribution is -0.122. The molecule has 3 N–H and O–H groups in total. The molecule has 0 heterocycles. The van der Waals surface area contributed by atoms with E-state index in [-0.39, 0.29) is 6.47 Å². The first-order chi connectivity index (χ1) is 10.8. The minimum atomic E-state index is -0.250. The monoisotopic (exact) mass is 313 g/mol. The summed E-state index contributed by atoms with van der Waals surface area (Å²) >= 11 is 0.